The molecular weight excluding hydrogens is 300 g/mol. The van der Waals surface area contributed by atoms with Crippen molar-refractivity contribution in [2.24, 2.45) is 0 Å². The van der Waals surface area contributed by atoms with Crippen LogP contribution in [0.4, 0.5) is 0 Å². The molecule has 122 valence electrons. The van der Waals surface area contributed by atoms with E-state index in [-0.39, 0.29) is 0 Å². The first-order valence-corrected chi connectivity index (χ1v) is 8.26. The Hall–Kier alpha value is -2.50. The van der Waals surface area contributed by atoms with Gasteiger partial charge in [-0.05, 0) is 11.6 Å². The first-order valence-electron chi connectivity index (χ1n) is 8.26. The lowest BCUT2D eigenvalue weighted by molar-refractivity contribution is 0.149. The average molecular weight is 320 g/mol. The van der Waals surface area contributed by atoms with Gasteiger partial charge < -0.3 is 9.84 Å². The fourth-order valence-corrected chi connectivity index (χ4v) is 3.17. The van der Waals surface area contributed by atoms with E-state index in [1.807, 2.05) is 54.9 Å². The summed E-state index contributed by atoms with van der Waals surface area (Å²) in [5.74, 6) is 0.818. The van der Waals surface area contributed by atoms with E-state index in [1.54, 1.807) is 0 Å². The Balaban J connectivity index is 1.52. The van der Waals surface area contributed by atoms with Gasteiger partial charge in [-0.15, -0.1) is 0 Å². The largest absolute Gasteiger partial charge is 0.356 e. The smallest absolute Gasteiger partial charge is 0.167 e. The summed E-state index contributed by atoms with van der Waals surface area (Å²) < 4.78 is 5.53. The third kappa shape index (κ3) is 3.22. The molecule has 24 heavy (non-hydrogen) atoms. The van der Waals surface area contributed by atoms with E-state index in [2.05, 4.69) is 26.4 Å². The molecule has 1 aliphatic heterocycles. The molecular formula is C19H20N4O. The van der Waals surface area contributed by atoms with Crippen molar-refractivity contribution in [2.45, 2.75) is 12.6 Å². The van der Waals surface area contributed by atoms with Crippen LogP contribution >= 0.6 is 0 Å². The summed E-state index contributed by atoms with van der Waals surface area (Å²) in [6.07, 6.45) is 3.76. The van der Waals surface area contributed by atoms with Gasteiger partial charge in [0.25, 0.3) is 0 Å². The number of piperazine rings is 1. The predicted octanol–water partition coefficient (Wildman–Crippen LogP) is 2.88. The van der Waals surface area contributed by atoms with Crippen LogP contribution in [0.3, 0.4) is 0 Å². The molecule has 2 aromatic heterocycles. The number of rotatable bonds is 4. The number of nitrogens with zero attached hydrogens (tertiary/aromatic N) is 3. The monoisotopic (exact) mass is 320 g/mol. The fraction of sp³-hybridized carbons (Fsp3) is 0.263. The van der Waals surface area contributed by atoms with Crippen LogP contribution in [0.1, 0.15) is 17.3 Å². The molecule has 0 spiro atoms. The molecule has 4 rings (SSSR count). The normalized spacial score (nSPS) is 18.6. The van der Waals surface area contributed by atoms with Crippen molar-refractivity contribution in [2.75, 3.05) is 19.6 Å². The molecule has 1 fully saturated rings. The Kier molecular flexibility index (Phi) is 4.36. The zero-order chi connectivity index (χ0) is 16.2. The van der Waals surface area contributed by atoms with Crippen molar-refractivity contribution in [3.8, 4) is 11.3 Å². The molecule has 1 N–H and O–H groups in total. The lowest BCUT2D eigenvalue weighted by Crippen LogP contribution is -2.45. The molecule has 1 aliphatic rings. The second-order valence-corrected chi connectivity index (χ2v) is 6.03. The fourth-order valence-electron chi connectivity index (χ4n) is 3.17. The molecule has 0 amide bonds. The van der Waals surface area contributed by atoms with E-state index >= 15 is 0 Å². The van der Waals surface area contributed by atoms with Crippen LogP contribution in [-0.2, 0) is 6.54 Å². The van der Waals surface area contributed by atoms with Gasteiger partial charge in [0.05, 0.1) is 5.69 Å². The second kappa shape index (κ2) is 6.95. The van der Waals surface area contributed by atoms with E-state index in [0.717, 1.165) is 43.2 Å². The highest BCUT2D eigenvalue weighted by Crippen LogP contribution is 2.25. The minimum atomic E-state index is 0.310. The molecule has 0 aliphatic carbocycles. The quantitative estimate of drug-likeness (QED) is 0.801. The molecule has 1 aromatic carbocycles. The van der Waals surface area contributed by atoms with Gasteiger partial charge in [-0.1, -0.05) is 41.6 Å². The van der Waals surface area contributed by atoms with Gasteiger partial charge >= 0.3 is 0 Å². The van der Waals surface area contributed by atoms with Gasteiger partial charge in [-0.3, -0.25) is 9.88 Å². The number of hydrogen-bond donors (Lipinski definition) is 1. The summed E-state index contributed by atoms with van der Waals surface area (Å²) in [5.41, 5.74) is 3.25. The Morgan fingerprint density at radius 2 is 2.08 bits per heavy atom. The third-order valence-corrected chi connectivity index (χ3v) is 4.41. The van der Waals surface area contributed by atoms with Crippen molar-refractivity contribution in [1.29, 1.82) is 0 Å². The molecule has 5 nitrogen and oxygen atoms in total. The summed E-state index contributed by atoms with van der Waals surface area (Å²) in [4.78, 5) is 6.69. The maximum absolute atomic E-state index is 5.53. The highest BCUT2D eigenvalue weighted by molar-refractivity contribution is 5.56. The summed E-state index contributed by atoms with van der Waals surface area (Å²) in [7, 11) is 0. The van der Waals surface area contributed by atoms with Crippen molar-refractivity contribution < 1.29 is 4.52 Å². The molecule has 3 aromatic rings. The molecule has 1 atom stereocenters. The molecule has 1 saturated heterocycles. The minimum absolute atomic E-state index is 0.310. The van der Waals surface area contributed by atoms with Gasteiger partial charge in [-0.25, -0.2) is 0 Å². The Bertz CT molecular complexity index is 772. The molecule has 1 unspecified atom stereocenters. The Labute approximate surface area is 141 Å². The zero-order valence-electron chi connectivity index (χ0n) is 13.4. The number of nitrogens with one attached hydrogen (secondary N) is 1. The van der Waals surface area contributed by atoms with Gasteiger partial charge in [0.1, 0.15) is 0 Å². The van der Waals surface area contributed by atoms with E-state index in [9.17, 15) is 0 Å². The Morgan fingerprint density at radius 3 is 2.92 bits per heavy atom. The van der Waals surface area contributed by atoms with Crippen LogP contribution in [-0.4, -0.2) is 34.7 Å². The average Bonchev–Trinajstić information content (AvgIpc) is 3.12. The van der Waals surface area contributed by atoms with Crippen LogP contribution in [0, 0.1) is 0 Å². The lowest BCUT2D eigenvalue weighted by atomic mass is 10.0. The minimum Gasteiger partial charge on any atom is -0.356 e. The number of benzene rings is 1. The Morgan fingerprint density at radius 1 is 1.17 bits per heavy atom. The van der Waals surface area contributed by atoms with Crippen LogP contribution < -0.4 is 5.32 Å². The maximum atomic E-state index is 5.53. The number of hydrogen-bond acceptors (Lipinski definition) is 5. The van der Waals surface area contributed by atoms with Gasteiger partial charge in [0.15, 0.2) is 5.76 Å². The molecule has 3 heterocycles. The predicted molar refractivity (Wildman–Crippen MR) is 92.2 cm³/mol. The van der Waals surface area contributed by atoms with E-state index in [1.165, 1.54) is 5.56 Å². The molecule has 0 radical (unpaired) electrons. The van der Waals surface area contributed by atoms with Crippen molar-refractivity contribution in [1.82, 2.24) is 20.4 Å². The van der Waals surface area contributed by atoms with Crippen molar-refractivity contribution in [3.05, 3.63) is 72.2 Å². The highest BCUT2D eigenvalue weighted by atomic mass is 16.5. The highest BCUT2D eigenvalue weighted by Gasteiger charge is 2.25. The van der Waals surface area contributed by atoms with Crippen LogP contribution in [0.25, 0.3) is 11.3 Å². The maximum Gasteiger partial charge on any atom is 0.167 e. The topological polar surface area (TPSA) is 54.2 Å². The van der Waals surface area contributed by atoms with Crippen LogP contribution in [0.2, 0.25) is 0 Å². The van der Waals surface area contributed by atoms with Crippen LogP contribution in [0.15, 0.2) is 65.4 Å². The first kappa shape index (κ1) is 15.1. The molecule has 5 heteroatoms. The van der Waals surface area contributed by atoms with Gasteiger partial charge in [0.2, 0.25) is 0 Å². The van der Waals surface area contributed by atoms with Gasteiger partial charge in [0, 0.05) is 56.2 Å². The third-order valence-electron chi connectivity index (χ3n) is 4.41. The van der Waals surface area contributed by atoms with Crippen molar-refractivity contribution in [3.63, 3.8) is 0 Å². The van der Waals surface area contributed by atoms with E-state index in [4.69, 9.17) is 4.52 Å². The standard InChI is InChI=1S/C19H20N4O/c1-2-5-15(6-3-1)19-11-17(22-24-19)14-23-10-9-21-13-18(23)16-7-4-8-20-12-16/h1-8,11-12,18,21H,9-10,13-14H2. The van der Waals surface area contributed by atoms with Crippen LogP contribution in [0.5, 0.6) is 0 Å². The molecule has 0 bridgehead atoms. The van der Waals surface area contributed by atoms with E-state index < -0.39 is 0 Å². The molecule has 0 saturated carbocycles. The zero-order valence-corrected chi connectivity index (χ0v) is 13.4. The van der Waals surface area contributed by atoms with Gasteiger partial charge in [-0.2, -0.15) is 0 Å². The van der Waals surface area contributed by atoms with Crippen molar-refractivity contribution >= 4 is 0 Å². The summed E-state index contributed by atoms with van der Waals surface area (Å²) in [6.45, 7) is 3.67. The summed E-state index contributed by atoms with van der Waals surface area (Å²) in [5, 5.41) is 7.73. The second-order valence-electron chi connectivity index (χ2n) is 6.03. The SMILES string of the molecule is c1ccc(-c2cc(CN3CCNCC3c3cccnc3)no2)cc1. The summed E-state index contributed by atoms with van der Waals surface area (Å²) >= 11 is 0. The summed E-state index contributed by atoms with van der Waals surface area (Å²) in [6, 6.07) is 16.6. The van der Waals surface area contributed by atoms with E-state index in [0.29, 0.717) is 6.04 Å². The number of aromatic nitrogens is 2. The lowest BCUT2D eigenvalue weighted by Gasteiger charge is -2.35. The number of pyridine rings is 1. The first-order chi connectivity index (χ1) is 11.9.